The van der Waals surface area contributed by atoms with Gasteiger partial charge < -0.3 is 9.89 Å². The minimum atomic E-state index is 0. The molecule has 1 aliphatic rings. The Hall–Kier alpha value is -2.51. The number of hydrogen-bond donors (Lipinski definition) is 0. The van der Waals surface area contributed by atoms with Crippen molar-refractivity contribution in [2.75, 3.05) is 19.0 Å². The van der Waals surface area contributed by atoms with Crippen molar-refractivity contribution in [3.63, 3.8) is 0 Å². The Labute approximate surface area is 174 Å². The van der Waals surface area contributed by atoms with E-state index < -0.39 is 0 Å². The van der Waals surface area contributed by atoms with Gasteiger partial charge in [-0.1, -0.05) is 24.3 Å². The maximum atomic E-state index is 4.71. The van der Waals surface area contributed by atoms with Crippen molar-refractivity contribution in [1.82, 2.24) is 0 Å². The zero-order chi connectivity index (χ0) is 17.9. The van der Waals surface area contributed by atoms with Gasteiger partial charge in [0.15, 0.2) is 0 Å². The van der Waals surface area contributed by atoms with E-state index in [0.717, 1.165) is 34.6 Å². The van der Waals surface area contributed by atoms with Crippen LogP contribution < -0.4 is 4.90 Å². The molecule has 1 aliphatic heterocycles. The van der Waals surface area contributed by atoms with Crippen LogP contribution in [0.3, 0.4) is 0 Å². The number of nitrogens with zero attached hydrogens (tertiary/aromatic N) is 3. The fraction of sp³-hybridized carbons (Fsp3) is 0.130. The minimum absolute atomic E-state index is 0. The molecule has 0 saturated heterocycles. The molecule has 27 heavy (non-hydrogen) atoms. The Bertz CT molecular complexity index is 971. The molecule has 134 valence electrons. The molecule has 4 rings (SSSR count). The molecule has 0 aliphatic carbocycles. The molecule has 0 N–H and O–H groups in total. The van der Waals surface area contributed by atoms with E-state index in [1.807, 2.05) is 50.6 Å². The van der Waals surface area contributed by atoms with E-state index in [9.17, 15) is 0 Å². The second-order valence-electron chi connectivity index (χ2n) is 6.56. The third-order valence-corrected chi connectivity index (χ3v) is 4.49. The van der Waals surface area contributed by atoms with Gasteiger partial charge >= 0.3 is 0 Å². The first-order valence-electron chi connectivity index (χ1n) is 8.68. The molecule has 3 nitrogen and oxygen atoms in total. The van der Waals surface area contributed by atoms with Gasteiger partial charge in [-0.25, -0.2) is 0 Å². The Morgan fingerprint density at radius 3 is 2.41 bits per heavy atom. The zero-order valence-corrected chi connectivity index (χ0v) is 18.3. The molecule has 0 unspecified atom stereocenters. The van der Waals surface area contributed by atoms with Crippen molar-refractivity contribution in [2.45, 2.75) is 6.42 Å². The summed E-state index contributed by atoms with van der Waals surface area (Å²) >= 11 is 0. The van der Waals surface area contributed by atoms with Crippen LogP contribution >= 0.6 is 0 Å². The van der Waals surface area contributed by atoms with Gasteiger partial charge in [-0.3, -0.25) is 4.99 Å². The topological polar surface area (TPSA) is 28.0 Å². The van der Waals surface area contributed by atoms with Gasteiger partial charge in [0.1, 0.15) is 0 Å². The Morgan fingerprint density at radius 2 is 1.74 bits per heavy atom. The predicted octanol–water partition coefficient (Wildman–Crippen LogP) is 4.98. The van der Waals surface area contributed by atoms with Crippen LogP contribution in [0.1, 0.15) is 16.7 Å². The number of benzene rings is 3. The summed E-state index contributed by atoms with van der Waals surface area (Å²) in [6, 6.07) is 25.8. The molecule has 3 aromatic rings. The monoisotopic (exact) mass is 522 g/mol. The third kappa shape index (κ3) is 4.43. The van der Waals surface area contributed by atoms with Gasteiger partial charge in [-0.2, -0.15) is 18.2 Å². The molecule has 0 amide bonds. The summed E-state index contributed by atoms with van der Waals surface area (Å²) in [4.78, 5) is 11.4. The second-order valence-corrected chi connectivity index (χ2v) is 6.56. The number of fused-ring (bicyclic) bond motifs is 1. The fourth-order valence-electron chi connectivity index (χ4n) is 2.98. The van der Waals surface area contributed by atoms with Crippen LogP contribution in [0.25, 0.3) is 0 Å². The number of hydrogen-bond acceptors (Lipinski definition) is 3. The minimum Gasteiger partial charge on any atom is -0.378 e. The summed E-state index contributed by atoms with van der Waals surface area (Å²) in [5, 5.41) is 0. The van der Waals surface area contributed by atoms with E-state index in [4.69, 9.17) is 4.99 Å². The first-order chi connectivity index (χ1) is 12.7. The van der Waals surface area contributed by atoms with Crippen LogP contribution in [-0.2, 0) is 27.5 Å². The Morgan fingerprint density at radius 1 is 1.00 bits per heavy atom. The van der Waals surface area contributed by atoms with Crippen LogP contribution in [0.15, 0.2) is 76.7 Å². The van der Waals surface area contributed by atoms with Crippen molar-refractivity contribution in [3.8, 4) is 0 Å². The molecular formula is C23H20N3W-. The normalized spacial score (nSPS) is 12.4. The number of aliphatic imine (C=N–C) groups is 2. The first kappa shape index (κ1) is 19.3. The quantitative estimate of drug-likeness (QED) is 0.351. The van der Waals surface area contributed by atoms with Crippen LogP contribution in [0.2, 0.25) is 0 Å². The average Bonchev–Trinajstić information content (AvgIpc) is 3.11. The van der Waals surface area contributed by atoms with Crippen LogP contribution in [0.5, 0.6) is 0 Å². The maximum absolute atomic E-state index is 4.71. The third-order valence-electron chi connectivity index (χ3n) is 4.49. The van der Waals surface area contributed by atoms with Crippen molar-refractivity contribution in [2.24, 2.45) is 9.98 Å². The van der Waals surface area contributed by atoms with E-state index in [1.165, 1.54) is 11.3 Å². The van der Waals surface area contributed by atoms with Gasteiger partial charge in [0, 0.05) is 52.8 Å². The molecule has 0 fully saturated rings. The van der Waals surface area contributed by atoms with Crippen LogP contribution in [-0.4, -0.2) is 26.0 Å². The Balaban J connectivity index is 0.00000210. The molecule has 4 heteroatoms. The van der Waals surface area contributed by atoms with Crippen molar-refractivity contribution < 1.29 is 21.1 Å². The van der Waals surface area contributed by atoms with Gasteiger partial charge in [-0.05, 0) is 47.5 Å². The molecule has 1 heterocycles. The summed E-state index contributed by atoms with van der Waals surface area (Å²) in [5.74, 6) is 0. The average molecular weight is 522 g/mol. The summed E-state index contributed by atoms with van der Waals surface area (Å²) < 4.78 is 0. The molecule has 0 saturated carbocycles. The van der Waals surface area contributed by atoms with Crippen LogP contribution in [0, 0.1) is 6.07 Å². The van der Waals surface area contributed by atoms with Gasteiger partial charge in [0.25, 0.3) is 0 Å². The smallest absolute Gasteiger partial charge is 0.0630 e. The summed E-state index contributed by atoms with van der Waals surface area (Å²) in [7, 11) is 4.08. The second kappa shape index (κ2) is 8.45. The summed E-state index contributed by atoms with van der Waals surface area (Å²) in [6.07, 6.45) is 2.74. The number of rotatable bonds is 4. The molecule has 3 aromatic carbocycles. The van der Waals surface area contributed by atoms with E-state index >= 15 is 0 Å². The van der Waals surface area contributed by atoms with Gasteiger partial charge in [-0.15, -0.1) is 11.6 Å². The fourth-order valence-corrected chi connectivity index (χ4v) is 2.98. The largest absolute Gasteiger partial charge is 0.378 e. The van der Waals surface area contributed by atoms with Crippen molar-refractivity contribution >= 4 is 29.0 Å². The van der Waals surface area contributed by atoms with E-state index in [1.54, 1.807) is 0 Å². The Kier molecular flexibility index (Phi) is 6.03. The predicted molar refractivity (Wildman–Crippen MR) is 110 cm³/mol. The number of anilines is 1. The molecule has 0 aromatic heterocycles. The van der Waals surface area contributed by atoms with E-state index in [-0.39, 0.29) is 21.1 Å². The van der Waals surface area contributed by atoms with Gasteiger partial charge in [0.05, 0.1) is 5.69 Å². The van der Waals surface area contributed by atoms with Crippen LogP contribution in [0.4, 0.5) is 17.1 Å². The van der Waals surface area contributed by atoms with Crippen molar-refractivity contribution in [1.29, 1.82) is 0 Å². The van der Waals surface area contributed by atoms with E-state index in [0.29, 0.717) is 0 Å². The first-order valence-corrected chi connectivity index (χ1v) is 8.68. The molecule has 0 spiro atoms. The molecule has 0 bridgehead atoms. The zero-order valence-electron chi connectivity index (χ0n) is 15.4. The maximum Gasteiger partial charge on any atom is 0.0630 e. The molecular weight excluding hydrogens is 502 g/mol. The SMILES string of the molecule is CN(C)c1ccc(C=Nc2ccc(C3=Nc4ccc[c-]c4C3)cc2)cc1.[W]. The van der Waals surface area contributed by atoms with Crippen molar-refractivity contribution in [3.05, 3.63) is 89.5 Å². The van der Waals surface area contributed by atoms with E-state index in [2.05, 4.69) is 52.4 Å². The molecule has 0 atom stereocenters. The van der Waals surface area contributed by atoms with Gasteiger partial charge in [0.2, 0.25) is 0 Å². The summed E-state index contributed by atoms with van der Waals surface area (Å²) in [5.41, 5.74) is 7.65. The summed E-state index contributed by atoms with van der Waals surface area (Å²) in [6.45, 7) is 0. The molecule has 0 radical (unpaired) electrons. The standard InChI is InChI=1S/C23H20N3.W/c1-26(2)21-13-7-17(8-14-21)16-24-20-11-9-18(10-12-20)23-15-19-5-3-4-6-22(19)25-23;/h3-4,6-14,16H,15H2,1-2H3;/q-1;.